The van der Waals surface area contributed by atoms with Crippen LogP contribution < -0.4 is 14.7 Å². The van der Waals surface area contributed by atoms with Crippen molar-refractivity contribution in [2.24, 2.45) is 10.7 Å². The zero-order valence-electron chi connectivity index (χ0n) is 19.3. The van der Waals surface area contributed by atoms with Crippen molar-refractivity contribution >= 4 is 16.0 Å². The number of nitrogens with zero attached hydrogens (tertiary/aromatic N) is 1. The molecule has 1 aliphatic rings. The summed E-state index contributed by atoms with van der Waals surface area (Å²) in [6, 6.07) is 30.9. The minimum absolute atomic E-state index is 0.236. The first kappa shape index (κ1) is 22.7. The summed E-state index contributed by atoms with van der Waals surface area (Å²) in [5.74, 6) is 1.46. The molecule has 0 aromatic heterocycles. The Morgan fingerprint density at radius 1 is 0.771 bits per heavy atom. The Labute approximate surface area is 204 Å². The molecule has 0 amide bonds. The van der Waals surface area contributed by atoms with E-state index in [1.165, 1.54) is 0 Å². The van der Waals surface area contributed by atoms with E-state index in [-0.39, 0.29) is 5.75 Å². The van der Waals surface area contributed by atoms with Gasteiger partial charge in [0.05, 0.1) is 13.4 Å². The standard InChI is InChI=1S/C28H24N2O4S/c1-33-24-10-6-8-20(18-24)19-7-5-9-22(17-19)28(26-12-4-3-11-25(26)27(29)30-28)21-13-15-23(16-14-21)34-35(2,31)32/h3-18H,1-2H3,(H2,29,30). The van der Waals surface area contributed by atoms with Crippen LogP contribution in [0.3, 0.4) is 0 Å². The van der Waals surface area contributed by atoms with Crippen molar-refractivity contribution in [2.45, 2.75) is 5.54 Å². The molecule has 176 valence electrons. The van der Waals surface area contributed by atoms with Crippen molar-refractivity contribution in [3.63, 3.8) is 0 Å². The summed E-state index contributed by atoms with van der Waals surface area (Å²) < 4.78 is 33.6. The number of rotatable bonds is 6. The van der Waals surface area contributed by atoms with E-state index in [1.54, 1.807) is 19.2 Å². The zero-order chi connectivity index (χ0) is 24.6. The van der Waals surface area contributed by atoms with Gasteiger partial charge in [-0.25, -0.2) is 4.99 Å². The second-order valence-electron chi connectivity index (χ2n) is 8.38. The molecular formula is C28H24N2O4S. The van der Waals surface area contributed by atoms with Crippen LogP contribution in [0.4, 0.5) is 0 Å². The molecule has 1 atom stereocenters. The van der Waals surface area contributed by atoms with Crippen LogP contribution in [-0.2, 0) is 15.7 Å². The molecule has 5 rings (SSSR count). The van der Waals surface area contributed by atoms with Gasteiger partial charge in [0.2, 0.25) is 0 Å². The number of methoxy groups -OCH3 is 1. The first-order chi connectivity index (χ1) is 16.8. The second-order valence-corrected chi connectivity index (χ2v) is 9.95. The van der Waals surface area contributed by atoms with E-state index in [2.05, 4.69) is 6.07 Å². The maximum Gasteiger partial charge on any atom is 0.306 e. The first-order valence-electron chi connectivity index (χ1n) is 11.0. The highest BCUT2D eigenvalue weighted by atomic mass is 32.2. The fourth-order valence-electron chi connectivity index (χ4n) is 4.58. The van der Waals surface area contributed by atoms with Gasteiger partial charge in [-0.2, -0.15) is 8.42 Å². The molecule has 2 N–H and O–H groups in total. The van der Waals surface area contributed by atoms with Gasteiger partial charge < -0.3 is 14.7 Å². The average Bonchev–Trinajstić information content (AvgIpc) is 3.17. The third-order valence-electron chi connectivity index (χ3n) is 6.08. The number of hydrogen-bond donors (Lipinski definition) is 1. The Morgan fingerprint density at radius 3 is 2.17 bits per heavy atom. The molecule has 0 spiro atoms. The number of ether oxygens (including phenoxy) is 1. The van der Waals surface area contributed by atoms with Gasteiger partial charge in [-0.1, -0.05) is 66.7 Å². The van der Waals surface area contributed by atoms with Crippen LogP contribution in [-0.4, -0.2) is 27.6 Å². The number of amidine groups is 1. The maximum absolute atomic E-state index is 11.6. The Morgan fingerprint density at radius 2 is 1.46 bits per heavy atom. The van der Waals surface area contributed by atoms with Crippen LogP contribution in [0.15, 0.2) is 102 Å². The van der Waals surface area contributed by atoms with Crippen molar-refractivity contribution in [2.75, 3.05) is 13.4 Å². The van der Waals surface area contributed by atoms with Crippen molar-refractivity contribution in [1.82, 2.24) is 0 Å². The van der Waals surface area contributed by atoms with E-state index < -0.39 is 15.7 Å². The summed E-state index contributed by atoms with van der Waals surface area (Å²) in [5, 5.41) is 0. The molecule has 6 nitrogen and oxygen atoms in total. The van der Waals surface area contributed by atoms with E-state index in [9.17, 15) is 8.42 Å². The summed E-state index contributed by atoms with van der Waals surface area (Å²) in [5.41, 5.74) is 11.1. The highest BCUT2D eigenvalue weighted by Crippen LogP contribution is 2.47. The molecule has 1 unspecified atom stereocenters. The molecule has 0 saturated heterocycles. The minimum Gasteiger partial charge on any atom is -0.497 e. The predicted octanol–water partition coefficient (Wildman–Crippen LogP) is 4.71. The van der Waals surface area contributed by atoms with Crippen LogP contribution in [0.5, 0.6) is 11.5 Å². The number of fused-ring (bicyclic) bond motifs is 1. The van der Waals surface area contributed by atoms with E-state index in [4.69, 9.17) is 19.6 Å². The molecular weight excluding hydrogens is 460 g/mol. The number of nitrogens with two attached hydrogens (primary N) is 1. The van der Waals surface area contributed by atoms with Gasteiger partial charge in [0.25, 0.3) is 0 Å². The maximum atomic E-state index is 11.6. The second kappa shape index (κ2) is 8.60. The van der Waals surface area contributed by atoms with Gasteiger partial charge in [-0.3, -0.25) is 0 Å². The highest BCUT2D eigenvalue weighted by molar-refractivity contribution is 7.86. The lowest BCUT2D eigenvalue weighted by molar-refractivity contribution is 0.415. The van der Waals surface area contributed by atoms with Crippen LogP contribution in [0, 0.1) is 0 Å². The molecule has 1 heterocycles. The summed E-state index contributed by atoms with van der Waals surface area (Å²) in [4.78, 5) is 5.01. The fourth-order valence-corrected chi connectivity index (χ4v) is 5.04. The van der Waals surface area contributed by atoms with Gasteiger partial charge >= 0.3 is 10.1 Å². The van der Waals surface area contributed by atoms with Gasteiger partial charge in [0.15, 0.2) is 0 Å². The lowest BCUT2D eigenvalue weighted by atomic mass is 9.77. The Bertz CT molecular complexity index is 1550. The monoisotopic (exact) mass is 484 g/mol. The average molecular weight is 485 g/mol. The molecule has 4 aromatic carbocycles. The van der Waals surface area contributed by atoms with Crippen LogP contribution in [0.25, 0.3) is 11.1 Å². The quantitative estimate of drug-likeness (QED) is 0.400. The normalized spacial score (nSPS) is 16.9. The van der Waals surface area contributed by atoms with E-state index in [0.717, 1.165) is 45.4 Å². The summed E-state index contributed by atoms with van der Waals surface area (Å²) in [6.07, 6.45) is 1.02. The summed E-state index contributed by atoms with van der Waals surface area (Å²) >= 11 is 0. The van der Waals surface area contributed by atoms with Crippen LogP contribution in [0.2, 0.25) is 0 Å². The molecule has 0 aliphatic carbocycles. The van der Waals surface area contributed by atoms with Crippen molar-refractivity contribution < 1.29 is 17.3 Å². The van der Waals surface area contributed by atoms with Crippen molar-refractivity contribution in [3.05, 3.63) is 119 Å². The first-order valence-corrected chi connectivity index (χ1v) is 12.8. The lowest BCUT2D eigenvalue weighted by Crippen LogP contribution is -2.25. The molecule has 0 bridgehead atoms. The van der Waals surface area contributed by atoms with Gasteiger partial charge in [-0.05, 0) is 58.1 Å². The minimum atomic E-state index is -3.63. The van der Waals surface area contributed by atoms with E-state index in [1.807, 2.05) is 78.9 Å². The Balaban J connectivity index is 1.70. The molecule has 7 heteroatoms. The zero-order valence-corrected chi connectivity index (χ0v) is 20.1. The van der Waals surface area contributed by atoms with Crippen molar-refractivity contribution in [1.29, 1.82) is 0 Å². The van der Waals surface area contributed by atoms with Gasteiger partial charge in [-0.15, -0.1) is 0 Å². The van der Waals surface area contributed by atoms with Gasteiger partial charge in [0, 0.05) is 5.56 Å². The summed E-state index contributed by atoms with van der Waals surface area (Å²) in [7, 11) is -1.99. The molecule has 4 aromatic rings. The molecule has 0 saturated carbocycles. The highest BCUT2D eigenvalue weighted by Gasteiger charge is 2.42. The molecule has 0 radical (unpaired) electrons. The topological polar surface area (TPSA) is 91.0 Å². The van der Waals surface area contributed by atoms with E-state index >= 15 is 0 Å². The largest absolute Gasteiger partial charge is 0.497 e. The third kappa shape index (κ3) is 4.15. The Hall–Kier alpha value is -4.10. The Kier molecular flexibility index (Phi) is 5.57. The number of hydrogen-bond acceptors (Lipinski definition) is 6. The molecule has 1 aliphatic heterocycles. The van der Waals surface area contributed by atoms with E-state index in [0.29, 0.717) is 5.84 Å². The number of benzene rings is 4. The number of aliphatic imine (C=N–C) groups is 1. The third-order valence-corrected chi connectivity index (χ3v) is 6.58. The lowest BCUT2D eigenvalue weighted by Gasteiger charge is -2.29. The van der Waals surface area contributed by atoms with Crippen LogP contribution in [0.1, 0.15) is 22.3 Å². The SMILES string of the molecule is COc1cccc(-c2cccc(C3(c4ccc(OS(C)(=O)=O)cc4)N=C(N)c4ccccc43)c2)c1. The van der Waals surface area contributed by atoms with Crippen molar-refractivity contribution in [3.8, 4) is 22.6 Å². The predicted molar refractivity (Wildman–Crippen MR) is 137 cm³/mol. The molecule has 35 heavy (non-hydrogen) atoms. The fraction of sp³-hybridized carbons (Fsp3) is 0.107. The smallest absolute Gasteiger partial charge is 0.306 e. The van der Waals surface area contributed by atoms with Crippen LogP contribution >= 0.6 is 0 Å². The molecule has 0 fully saturated rings. The van der Waals surface area contributed by atoms with Gasteiger partial charge in [0.1, 0.15) is 22.9 Å². The summed E-state index contributed by atoms with van der Waals surface area (Å²) in [6.45, 7) is 0.